The number of aliphatic hydroxyl groups is 3. The molecule has 0 unspecified atom stereocenters. The number of rotatable bonds is 8. The van der Waals surface area contributed by atoms with Gasteiger partial charge in [-0.15, -0.1) is 0 Å². The highest BCUT2D eigenvalue weighted by molar-refractivity contribution is 5.88. The molecule has 0 saturated heterocycles. The summed E-state index contributed by atoms with van der Waals surface area (Å²) in [6.45, 7) is 11.2. The lowest BCUT2D eigenvalue weighted by Crippen LogP contribution is -2.52. The minimum Gasteiger partial charge on any atom is -0.396 e. The highest BCUT2D eigenvalue weighted by Gasteiger charge is 2.57. The van der Waals surface area contributed by atoms with E-state index in [4.69, 9.17) is 0 Å². The van der Waals surface area contributed by atoms with Gasteiger partial charge in [-0.2, -0.15) is 0 Å². The van der Waals surface area contributed by atoms with E-state index in [1.54, 1.807) is 0 Å². The molecule has 3 aliphatic carbocycles. The molecule has 0 radical (unpaired) electrons. The summed E-state index contributed by atoms with van der Waals surface area (Å²) < 4.78 is 0. The first-order valence-electron chi connectivity index (χ1n) is 13.1. The fourth-order valence-corrected chi connectivity index (χ4v) is 7.92. The maximum absolute atomic E-state index is 13.9. The van der Waals surface area contributed by atoms with E-state index in [1.807, 2.05) is 0 Å². The van der Waals surface area contributed by atoms with Crippen LogP contribution in [-0.2, 0) is 4.79 Å². The second-order valence-electron chi connectivity index (χ2n) is 12.3. The van der Waals surface area contributed by atoms with Crippen molar-refractivity contribution in [3.05, 3.63) is 0 Å². The van der Waals surface area contributed by atoms with E-state index in [9.17, 15) is 20.1 Å². The van der Waals surface area contributed by atoms with Crippen molar-refractivity contribution >= 4 is 5.78 Å². The highest BCUT2D eigenvalue weighted by atomic mass is 16.3. The maximum Gasteiger partial charge on any atom is 0.142 e. The summed E-state index contributed by atoms with van der Waals surface area (Å²) in [6, 6.07) is 0. The van der Waals surface area contributed by atoms with E-state index in [1.165, 1.54) is 0 Å². The summed E-state index contributed by atoms with van der Waals surface area (Å²) in [5, 5.41) is 31.1. The van der Waals surface area contributed by atoms with Gasteiger partial charge in [0.2, 0.25) is 0 Å². The predicted octanol–water partition coefficient (Wildman–Crippen LogP) is 4.98. The van der Waals surface area contributed by atoms with Gasteiger partial charge in [0.25, 0.3) is 0 Å². The fraction of sp³-hybridized carbons (Fsp3) is 0.963. The lowest BCUT2D eigenvalue weighted by molar-refractivity contribution is -0.150. The molecule has 0 spiro atoms. The molecule has 9 atom stereocenters. The van der Waals surface area contributed by atoms with Crippen molar-refractivity contribution in [1.29, 1.82) is 0 Å². The molecule has 0 heterocycles. The molecule has 0 aliphatic heterocycles. The number of hydrogen-bond donors (Lipinski definition) is 3. The third-order valence-corrected chi connectivity index (χ3v) is 10.1. The number of hydrogen-bond acceptors (Lipinski definition) is 4. The van der Waals surface area contributed by atoms with Crippen LogP contribution in [0.4, 0.5) is 0 Å². The van der Waals surface area contributed by atoms with Gasteiger partial charge in [0.1, 0.15) is 5.78 Å². The van der Waals surface area contributed by atoms with E-state index < -0.39 is 0 Å². The Bertz CT molecular complexity index is 618. The first-order chi connectivity index (χ1) is 14.5. The van der Waals surface area contributed by atoms with Crippen LogP contribution in [0.1, 0.15) is 98.8 Å². The molecule has 0 aromatic carbocycles. The lowest BCUT2D eigenvalue weighted by Gasteiger charge is -2.51. The smallest absolute Gasteiger partial charge is 0.142 e. The SMILES string of the molecule is CC(C)CC[C@@H](O)[C@@H](C)[C@H]1CC[C@@H]([C@@H]2CC[C@H]3C[C@@H](O)CC[C@]3(C)C2=O)[C@]1(C)CCO. The van der Waals surface area contributed by atoms with Gasteiger partial charge in [0, 0.05) is 17.9 Å². The molecule has 0 aromatic rings. The van der Waals surface area contributed by atoms with Gasteiger partial charge < -0.3 is 15.3 Å². The summed E-state index contributed by atoms with van der Waals surface area (Å²) >= 11 is 0. The minimum absolute atomic E-state index is 0.0676. The van der Waals surface area contributed by atoms with Crippen LogP contribution in [0.3, 0.4) is 0 Å². The molecule has 3 fully saturated rings. The number of carbonyl (C=O) groups is 1. The van der Waals surface area contributed by atoms with Crippen LogP contribution >= 0.6 is 0 Å². The molecule has 0 bridgehead atoms. The third-order valence-electron chi connectivity index (χ3n) is 10.1. The molecule has 31 heavy (non-hydrogen) atoms. The lowest BCUT2D eigenvalue weighted by atomic mass is 9.52. The molecule has 180 valence electrons. The number of carbonyl (C=O) groups excluding carboxylic acids is 1. The van der Waals surface area contributed by atoms with E-state index in [2.05, 4.69) is 34.6 Å². The van der Waals surface area contributed by atoms with Gasteiger partial charge in [-0.1, -0.05) is 34.6 Å². The Morgan fingerprint density at radius 2 is 1.74 bits per heavy atom. The Labute approximate surface area is 190 Å². The summed E-state index contributed by atoms with van der Waals surface area (Å²) in [7, 11) is 0. The topological polar surface area (TPSA) is 77.8 Å². The average Bonchev–Trinajstić information content (AvgIpc) is 3.04. The maximum atomic E-state index is 13.9. The number of fused-ring (bicyclic) bond motifs is 1. The molecule has 3 saturated carbocycles. The van der Waals surface area contributed by atoms with E-state index in [0.29, 0.717) is 35.9 Å². The van der Waals surface area contributed by atoms with Crippen LogP contribution in [0, 0.1) is 46.3 Å². The van der Waals surface area contributed by atoms with E-state index >= 15 is 0 Å². The van der Waals surface area contributed by atoms with Gasteiger partial charge >= 0.3 is 0 Å². The zero-order valence-corrected chi connectivity index (χ0v) is 20.6. The van der Waals surface area contributed by atoms with Crippen molar-refractivity contribution in [3.8, 4) is 0 Å². The zero-order chi connectivity index (χ0) is 23.0. The van der Waals surface area contributed by atoms with Gasteiger partial charge in [0.05, 0.1) is 12.2 Å². The Kier molecular flexibility index (Phi) is 7.97. The second kappa shape index (κ2) is 9.81. The quantitative estimate of drug-likeness (QED) is 0.501. The standard InChI is InChI=1S/C27H48O4/c1-17(2)6-11-24(30)18(3)22-9-10-23(27(22,5)14-15-28)21-8-7-19-16-20(29)12-13-26(19,4)25(21)31/h17-24,28-30H,6-16H2,1-5H3/t18-,19-,20-,21-,22+,23-,24+,26-,27+/m0/s1. The monoisotopic (exact) mass is 436 g/mol. The van der Waals surface area contributed by atoms with E-state index in [-0.39, 0.29) is 41.5 Å². The highest BCUT2D eigenvalue weighted by Crippen LogP contribution is 2.60. The van der Waals surface area contributed by atoms with Gasteiger partial charge in [0.15, 0.2) is 0 Å². The van der Waals surface area contributed by atoms with Crippen LogP contribution in [0.15, 0.2) is 0 Å². The summed E-state index contributed by atoms with van der Waals surface area (Å²) in [4.78, 5) is 13.9. The molecule has 4 nitrogen and oxygen atoms in total. The van der Waals surface area contributed by atoms with Gasteiger partial charge in [-0.05, 0) is 99.2 Å². The molecule has 4 heteroatoms. The Hall–Kier alpha value is -0.450. The summed E-state index contributed by atoms with van der Waals surface area (Å²) in [5.74, 6) is 2.23. The zero-order valence-electron chi connectivity index (χ0n) is 20.6. The molecular weight excluding hydrogens is 388 g/mol. The van der Waals surface area contributed by atoms with Crippen molar-refractivity contribution in [3.63, 3.8) is 0 Å². The van der Waals surface area contributed by atoms with Crippen molar-refractivity contribution in [2.45, 2.75) is 111 Å². The van der Waals surface area contributed by atoms with Gasteiger partial charge in [-0.3, -0.25) is 4.79 Å². The Balaban J connectivity index is 1.79. The van der Waals surface area contributed by atoms with Crippen LogP contribution in [0.2, 0.25) is 0 Å². The van der Waals surface area contributed by atoms with Crippen molar-refractivity contribution < 1.29 is 20.1 Å². The number of aliphatic hydroxyl groups excluding tert-OH is 3. The van der Waals surface area contributed by atoms with Crippen LogP contribution in [0.25, 0.3) is 0 Å². The summed E-state index contributed by atoms with van der Waals surface area (Å²) in [5.41, 5.74) is -0.395. The number of Topliss-reactive ketones (excluding diaryl/α,β-unsaturated/α-hetero) is 1. The Morgan fingerprint density at radius 1 is 1.03 bits per heavy atom. The first kappa shape index (κ1) is 25.2. The van der Waals surface area contributed by atoms with Crippen LogP contribution in [0.5, 0.6) is 0 Å². The molecule has 3 N–H and O–H groups in total. The third kappa shape index (κ3) is 4.77. The average molecular weight is 437 g/mol. The normalized spacial score (nSPS) is 43.1. The van der Waals surface area contributed by atoms with Crippen molar-refractivity contribution in [1.82, 2.24) is 0 Å². The molecular formula is C27H48O4. The van der Waals surface area contributed by atoms with Crippen LogP contribution < -0.4 is 0 Å². The van der Waals surface area contributed by atoms with Crippen molar-refractivity contribution in [2.24, 2.45) is 46.3 Å². The van der Waals surface area contributed by atoms with Crippen molar-refractivity contribution in [2.75, 3.05) is 6.61 Å². The molecule has 3 rings (SSSR count). The second-order valence-corrected chi connectivity index (χ2v) is 12.3. The number of ketones is 1. The largest absolute Gasteiger partial charge is 0.396 e. The predicted molar refractivity (Wildman–Crippen MR) is 124 cm³/mol. The minimum atomic E-state index is -0.312. The van der Waals surface area contributed by atoms with Crippen LogP contribution in [-0.4, -0.2) is 39.9 Å². The summed E-state index contributed by atoms with van der Waals surface area (Å²) in [6.07, 6.45) is 8.38. The fourth-order valence-electron chi connectivity index (χ4n) is 7.92. The van der Waals surface area contributed by atoms with E-state index in [0.717, 1.165) is 57.8 Å². The molecule has 0 amide bonds. The Morgan fingerprint density at radius 3 is 2.39 bits per heavy atom. The molecule has 3 aliphatic rings. The first-order valence-corrected chi connectivity index (χ1v) is 13.1. The molecule has 0 aromatic heterocycles. The van der Waals surface area contributed by atoms with Gasteiger partial charge in [-0.25, -0.2) is 0 Å².